The van der Waals surface area contributed by atoms with Crippen LogP contribution in [-0.2, 0) is 16.0 Å². The Bertz CT molecular complexity index is 294. The highest BCUT2D eigenvalue weighted by atomic mass is 35.5. The summed E-state index contributed by atoms with van der Waals surface area (Å²) in [5.74, 6) is 0. The number of rotatable bonds is 10. The van der Waals surface area contributed by atoms with Gasteiger partial charge in [-0.25, -0.2) is 0 Å². The summed E-state index contributed by atoms with van der Waals surface area (Å²) in [5.41, 5.74) is 0. The van der Waals surface area contributed by atoms with Gasteiger partial charge < -0.3 is 14.8 Å². The molecule has 17 heavy (non-hydrogen) atoms. The number of hydrogen-bond donors (Lipinski definition) is 1. The number of nitrogens with one attached hydrogen (secondary N) is 1. The Kier molecular flexibility index (Phi) is 8.65. The van der Waals surface area contributed by atoms with E-state index in [0.29, 0.717) is 13.2 Å². The second-order valence-corrected chi connectivity index (χ2v) is 5.15. The van der Waals surface area contributed by atoms with Crippen LogP contribution < -0.4 is 5.32 Å². The van der Waals surface area contributed by atoms with E-state index in [4.69, 9.17) is 21.1 Å². The fraction of sp³-hybridized carbons (Fsp3) is 0.667. The largest absolute Gasteiger partial charge is 0.382 e. The maximum absolute atomic E-state index is 5.84. The summed E-state index contributed by atoms with van der Waals surface area (Å²) in [7, 11) is 1.68. The smallest absolute Gasteiger partial charge is 0.0700 e. The second kappa shape index (κ2) is 9.85. The van der Waals surface area contributed by atoms with E-state index in [1.54, 1.807) is 18.4 Å². The number of halogens is 1. The van der Waals surface area contributed by atoms with Gasteiger partial charge in [-0.1, -0.05) is 11.6 Å². The molecule has 0 saturated heterocycles. The van der Waals surface area contributed by atoms with Gasteiger partial charge in [0.25, 0.3) is 0 Å². The monoisotopic (exact) mass is 277 g/mol. The van der Waals surface area contributed by atoms with E-state index in [1.165, 1.54) is 4.88 Å². The maximum atomic E-state index is 5.84. The van der Waals surface area contributed by atoms with Crippen molar-refractivity contribution in [2.75, 3.05) is 33.5 Å². The summed E-state index contributed by atoms with van der Waals surface area (Å²) in [6, 6.07) is 2.01. The third-order valence-corrected chi connectivity index (χ3v) is 3.53. The predicted octanol–water partition coefficient (Wildman–Crippen LogP) is 2.93. The molecule has 0 bridgehead atoms. The van der Waals surface area contributed by atoms with Gasteiger partial charge >= 0.3 is 0 Å². The maximum Gasteiger partial charge on any atom is 0.0700 e. The van der Waals surface area contributed by atoms with Gasteiger partial charge in [0, 0.05) is 30.5 Å². The Balaban J connectivity index is 1.84. The van der Waals surface area contributed by atoms with Gasteiger partial charge in [-0.05, 0) is 25.5 Å². The number of methoxy groups -OCH3 is 1. The van der Waals surface area contributed by atoms with Crippen molar-refractivity contribution in [3.63, 3.8) is 0 Å². The van der Waals surface area contributed by atoms with Gasteiger partial charge in [-0.3, -0.25) is 0 Å². The number of ether oxygens (including phenoxy) is 2. The molecule has 0 aliphatic rings. The van der Waals surface area contributed by atoms with Crippen LogP contribution in [0.2, 0.25) is 5.02 Å². The van der Waals surface area contributed by atoms with Crippen molar-refractivity contribution in [2.24, 2.45) is 0 Å². The Morgan fingerprint density at radius 3 is 2.88 bits per heavy atom. The van der Waals surface area contributed by atoms with Gasteiger partial charge in [0.15, 0.2) is 0 Å². The molecule has 0 radical (unpaired) electrons. The topological polar surface area (TPSA) is 30.5 Å². The standard InChI is InChI=1S/C12H20ClNO2S/c1-15-6-7-16-5-3-2-4-14-9-12-8-11(13)10-17-12/h8,10,14H,2-7,9H2,1H3. The van der Waals surface area contributed by atoms with Crippen LogP contribution in [0.4, 0.5) is 0 Å². The summed E-state index contributed by atoms with van der Waals surface area (Å²) in [4.78, 5) is 1.28. The van der Waals surface area contributed by atoms with E-state index in [1.807, 2.05) is 11.4 Å². The van der Waals surface area contributed by atoms with Gasteiger partial charge in [0.2, 0.25) is 0 Å². The van der Waals surface area contributed by atoms with E-state index in [0.717, 1.165) is 37.6 Å². The summed E-state index contributed by atoms with van der Waals surface area (Å²) >= 11 is 7.53. The molecule has 98 valence electrons. The summed E-state index contributed by atoms with van der Waals surface area (Å²) in [5, 5.41) is 6.18. The van der Waals surface area contributed by atoms with Crippen molar-refractivity contribution in [3.05, 3.63) is 21.3 Å². The third kappa shape index (κ3) is 7.73. The second-order valence-electron chi connectivity index (χ2n) is 3.72. The number of unbranched alkanes of at least 4 members (excludes halogenated alkanes) is 1. The van der Waals surface area contributed by atoms with E-state index >= 15 is 0 Å². The lowest BCUT2D eigenvalue weighted by Gasteiger charge is -2.04. The highest BCUT2D eigenvalue weighted by molar-refractivity contribution is 7.10. The molecular weight excluding hydrogens is 258 g/mol. The zero-order valence-corrected chi connectivity index (χ0v) is 11.8. The van der Waals surface area contributed by atoms with Crippen LogP contribution >= 0.6 is 22.9 Å². The highest BCUT2D eigenvalue weighted by Crippen LogP contribution is 2.18. The molecule has 0 aliphatic carbocycles. The van der Waals surface area contributed by atoms with E-state index in [2.05, 4.69) is 5.32 Å². The zero-order valence-electron chi connectivity index (χ0n) is 10.2. The average Bonchev–Trinajstić information content (AvgIpc) is 2.73. The van der Waals surface area contributed by atoms with Gasteiger partial charge in [-0.15, -0.1) is 11.3 Å². The first kappa shape index (κ1) is 14.9. The SMILES string of the molecule is COCCOCCCCNCc1cc(Cl)cs1. The molecule has 0 aliphatic heterocycles. The minimum atomic E-state index is 0.678. The van der Waals surface area contributed by atoms with E-state index in [9.17, 15) is 0 Å². The Hall–Kier alpha value is -0.130. The molecule has 1 aromatic rings. The number of thiophene rings is 1. The zero-order chi connectivity index (χ0) is 12.3. The van der Waals surface area contributed by atoms with Crippen LogP contribution in [-0.4, -0.2) is 33.5 Å². The van der Waals surface area contributed by atoms with Crippen molar-refractivity contribution >= 4 is 22.9 Å². The third-order valence-electron chi connectivity index (χ3n) is 2.25. The quantitative estimate of drug-likeness (QED) is 0.667. The molecule has 0 saturated carbocycles. The summed E-state index contributed by atoms with van der Waals surface area (Å²) < 4.78 is 10.3. The van der Waals surface area contributed by atoms with Crippen LogP contribution in [0.3, 0.4) is 0 Å². The minimum Gasteiger partial charge on any atom is -0.382 e. The fourth-order valence-corrected chi connectivity index (χ4v) is 2.40. The average molecular weight is 278 g/mol. The molecule has 1 N–H and O–H groups in total. The molecule has 1 heterocycles. The van der Waals surface area contributed by atoms with Gasteiger partial charge in [0.05, 0.1) is 18.2 Å². The lowest BCUT2D eigenvalue weighted by atomic mass is 10.3. The molecule has 0 aromatic carbocycles. The minimum absolute atomic E-state index is 0.678. The van der Waals surface area contributed by atoms with E-state index in [-0.39, 0.29) is 0 Å². The Morgan fingerprint density at radius 2 is 2.18 bits per heavy atom. The molecule has 0 amide bonds. The Labute approximate surface area is 112 Å². The summed E-state index contributed by atoms with van der Waals surface area (Å²) in [6.07, 6.45) is 2.22. The number of hydrogen-bond acceptors (Lipinski definition) is 4. The highest BCUT2D eigenvalue weighted by Gasteiger charge is 1.96. The van der Waals surface area contributed by atoms with Crippen molar-refractivity contribution in [1.82, 2.24) is 5.32 Å². The van der Waals surface area contributed by atoms with Crippen molar-refractivity contribution in [1.29, 1.82) is 0 Å². The molecule has 0 atom stereocenters. The molecule has 0 unspecified atom stereocenters. The van der Waals surface area contributed by atoms with Crippen LogP contribution in [0.1, 0.15) is 17.7 Å². The first-order valence-electron chi connectivity index (χ1n) is 5.83. The molecule has 0 spiro atoms. The van der Waals surface area contributed by atoms with Crippen LogP contribution in [0.5, 0.6) is 0 Å². The van der Waals surface area contributed by atoms with Gasteiger partial charge in [-0.2, -0.15) is 0 Å². The van der Waals surface area contributed by atoms with Gasteiger partial charge in [0.1, 0.15) is 0 Å². The van der Waals surface area contributed by atoms with Crippen molar-refractivity contribution in [3.8, 4) is 0 Å². The molecule has 5 heteroatoms. The first-order chi connectivity index (χ1) is 8.33. The van der Waals surface area contributed by atoms with E-state index < -0.39 is 0 Å². The first-order valence-corrected chi connectivity index (χ1v) is 7.09. The fourth-order valence-electron chi connectivity index (χ4n) is 1.36. The van der Waals surface area contributed by atoms with Crippen molar-refractivity contribution < 1.29 is 9.47 Å². The Morgan fingerprint density at radius 1 is 1.29 bits per heavy atom. The van der Waals surface area contributed by atoms with Crippen LogP contribution in [0, 0.1) is 0 Å². The molecule has 1 rings (SSSR count). The molecular formula is C12H20ClNO2S. The normalized spacial score (nSPS) is 10.9. The van der Waals surface area contributed by atoms with Crippen LogP contribution in [0.15, 0.2) is 11.4 Å². The molecule has 0 fully saturated rings. The van der Waals surface area contributed by atoms with Crippen LogP contribution in [0.25, 0.3) is 0 Å². The molecule has 1 aromatic heterocycles. The summed E-state index contributed by atoms with van der Waals surface area (Å²) in [6.45, 7) is 4.11. The predicted molar refractivity (Wildman–Crippen MR) is 73.0 cm³/mol. The lowest BCUT2D eigenvalue weighted by molar-refractivity contribution is 0.0688. The molecule has 3 nitrogen and oxygen atoms in total. The lowest BCUT2D eigenvalue weighted by Crippen LogP contribution is -2.14. The van der Waals surface area contributed by atoms with Crippen molar-refractivity contribution in [2.45, 2.75) is 19.4 Å².